The van der Waals surface area contributed by atoms with Gasteiger partial charge in [0.05, 0.1) is 15.9 Å². The Balaban J connectivity index is 1.29. The van der Waals surface area contributed by atoms with Crippen molar-refractivity contribution in [1.82, 2.24) is 14.8 Å². The highest BCUT2D eigenvalue weighted by Gasteiger charge is 2.19. The summed E-state index contributed by atoms with van der Waals surface area (Å²) in [6.45, 7) is 4.19. The molecule has 0 spiro atoms. The van der Waals surface area contributed by atoms with E-state index < -0.39 is 0 Å². The second-order valence-corrected chi connectivity index (χ2v) is 9.39. The number of rotatable bonds is 6. The van der Waals surface area contributed by atoms with E-state index in [0.717, 1.165) is 26.6 Å². The summed E-state index contributed by atoms with van der Waals surface area (Å²) in [5.74, 6) is 2.68. The summed E-state index contributed by atoms with van der Waals surface area (Å²) in [6, 6.07) is 14.0. The van der Waals surface area contributed by atoms with Gasteiger partial charge >= 0.3 is 0 Å². The Morgan fingerprint density at radius 3 is 2.74 bits per heavy atom. The number of nitrogens with one attached hydrogen (secondary N) is 1. The van der Waals surface area contributed by atoms with E-state index in [4.69, 9.17) is 9.47 Å². The van der Waals surface area contributed by atoms with Crippen LogP contribution in [0.2, 0.25) is 0 Å². The fourth-order valence-electron chi connectivity index (χ4n) is 3.23. The molecule has 0 saturated carbocycles. The molecule has 0 bridgehead atoms. The fraction of sp³-hybridized carbons (Fsp3) is 0.227. The van der Waals surface area contributed by atoms with Crippen LogP contribution in [-0.2, 0) is 4.79 Å². The number of amides is 1. The van der Waals surface area contributed by atoms with Crippen LogP contribution in [0.15, 0.2) is 47.4 Å². The summed E-state index contributed by atoms with van der Waals surface area (Å²) >= 11 is 3.16. The van der Waals surface area contributed by atoms with Crippen LogP contribution in [0.4, 0.5) is 5.82 Å². The van der Waals surface area contributed by atoms with Crippen LogP contribution in [0.3, 0.4) is 0 Å². The minimum absolute atomic E-state index is 0.0531. The van der Waals surface area contributed by atoms with Gasteiger partial charge in [0.1, 0.15) is 5.82 Å². The number of nitrogens with zero attached hydrogens (tertiary/aromatic N) is 3. The molecule has 4 aromatic rings. The summed E-state index contributed by atoms with van der Waals surface area (Å²) < 4.78 is 13.5. The number of carbonyl (C=O) groups is 1. The zero-order valence-corrected chi connectivity index (χ0v) is 18.7. The minimum Gasteiger partial charge on any atom is -0.454 e. The predicted molar refractivity (Wildman–Crippen MR) is 123 cm³/mol. The Morgan fingerprint density at radius 1 is 1.16 bits per heavy atom. The van der Waals surface area contributed by atoms with Gasteiger partial charge in [-0.1, -0.05) is 29.0 Å². The van der Waals surface area contributed by atoms with Gasteiger partial charge in [-0.25, -0.2) is 4.98 Å². The number of ether oxygens (including phenoxy) is 2. The molecular formula is C22H20N4O3S2. The lowest BCUT2D eigenvalue weighted by Gasteiger charge is -2.06. The van der Waals surface area contributed by atoms with E-state index in [2.05, 4.69) is 46.6 Å². The lowest BCUT2D eigenvalue weighted by molar-refractivity contribution is -0.115. The minimum atomic E-state index is -0.0531. The highest BCUT2D eigenvalue weighted by molar-refractivity contribution is 7.99. The van der Waals surface area contributed by atoms with Crippen molar-refractivity contribution in [2.75, 3.05) is 17.9 Å². The first-order valence-electron chi connectivity index (χ1n) is 9.82. The van der Waals surface area contributed by atoms with Crippen LogP contribution in [0.25, 0.3) is 15.3 Å². The highest BCUT2D eigenvalue weighted by atomic mass is 32.2. The van der Waals surface area contributed by atoms with Gasteiger partial charge in [0.25, 0.3) is 0 Å². The van der Waals surface area contributed by atoms with Crippen molar-refractivity contribution >= 4 is 45.0 Å². The highest BCUT2D eigenvalue weighted by Crippen LogP contribution is 2.39. The Kier molecular flexibility index (Phi) is 5.29. The van der Waals surface area contributed by atoms with E-state index >= 15 is 0 Å². The van der Waals surface area contributed by atoms with E-state index in [0.29, 0.717) is 28.9 Å². The molecule has 2 aromatic heterocycles. The molecule has 0 atom stereocenters. The molecule has 0 aliphatic carbocycles. The molecule has 1 aliphatic rings. The van der Waals surface area contributed by atoms with Gasteiger partial charge in [0.2, 0.25) is 17.8 Å². The van der Waals surface area contributed by atoms with Gasteiger partial charge in [0, 0.05) is 35.3 Å². The molecule has 158 valence electrons. The smallest absolute Gasteiger partial charge is 0.231 e. The first kappa shape index (κ1) is 19.9. The van der Waals surface area contributed by atoms with Gasteiger partial charge in [-0.2, -0.15) is 9.78 Å². The van der Waals surface area contributed by atoms with Crippen molar-refractivity contribution in [2.45, 2.75) is 25.2 Å². The van der Waals surface area contributed by atoms with E-state index in [1.165, 1.54) is 16.9 Å². The largest absolute Gasteiger partial charge is 0.454 e. The Labute approximate surface area is 187 Å². The van der Waals surface area contributed by atoms with Crippen LogP contribution < -0.4 is 14.8 Å². The molecule has 31 heavy (non-hydrogen) atoms. The molecule has 0 fully saturated rings. The summed E-state index contributed by atoms with van der Waals surface area (Å²) in [5.41, 5.74) is 2.84. The number of aromatic nitrogens is 3. The third kappa shape index (κ3) is 4.24. The van der Waals surface area contributed by atoms with Gasteiger partial charge in [0.15, 0.2) is 11.5 Å². The number of thiazole rings is 1. The molecule has 0 saturated heterocycles. The maximum Gasteiger partial charge on any atom is 0.231 e. The number of benzene rings is 2. The molecule has 0 radical (unpaired) electrons. The average molecular weight is 453 g/mol. The Bertz CT molecular complexity index is 1220. The zero-order chi connectivity index (χ0) is 21.4. The predicted octanol–water partition coefficient (Wildman–Crippen LogP) is 4.95. The maximum absolute atomic E-state index is 12.5. The van der Waals surface area contributed by atoms with Gasteiger partial charge < -0.3 is 14.8 Å². The van der Waals surface area contributed by atoms with Crippen molar-refractivity contribution in [3.63, 3.8) is 0 Å². The maximum atomic E-state index is 12.5. The average Bonchev–Trinajstić information content (AvgIpc) is 3.45. The lowest BCUT2D eigenvalue weighted by atomic mass is 10.2. The third-order valence-corrected chi connectivity index (χ3v) is 6.78. The van der Waals surface area contributed by atoms with Crippen molar-refractivity contribution < 1.29 is 14.3 Å². The molecule has 1 amide bonds. The monoisotopic (exact) mass is 452 g/mol. The number of hydrogen-bond acceptors (Lipinski definition) is 7. The van der Waals surface area contributed by atoms with Gasteiger partial charge in [-0.05, 0) is 26.0 Å². The van der Waals surface area contributed by atoms with Gasteiger partial charge in [-0.15, -0.1) is 11.8 Å². The zero-order valence-electron chi connectivity index (χ0n) is 17.0. The second-order valence-electron chi connectivity index (χ2n) is 7.21. The number of aryl methyl sites for hydroxylation is 2. The molecule has 5 rings (SSSR count). The van der Waals surface area contributed by atoms with Crippen LogP contribution >= 0.6 is 23.1 Å². The topological polar surface area (TPSA) is 78.3 Å². The Morgan fingerprint density at radius 2 is 1.94 bits per heavy atom. The quantitative estimate of drug-likeness (QED) is 0.417. The summed E-state index contributed by atoms with van der Waals surface area (Å²) in [5, 5.41) is 8.18. The first-order chi connectivity index (χ1) is 15.0. The summed E-state index contributed by atoms with van der Waals surface area (Å²) in [6.07, 6.45) is 0.407. The molecule has 1 aliphatic heterocycles. The molecular weight excluding hydrogens is 432 g/mol. The number of fused-ring (bicyclic) bond motifs is 2. The molecule has 1 N–H and O–H groups in total. The third-order valence-electron chi connectivity index (χ3n) is 4.77. The van der Waals surface area contributed by atoms with Crippen molar-refractivity contribution in [2.24, 2.45) is 0 Å². The van der Waals surface area contributed by atoms with Crippen molar-refractivity contribution in [3.05, 3.63) is 53.7 Å². The van der Waals surface area contributed by atoms with Crippen LogP contribution in [0, 0.1) is 13.8 Å². The summed E-state index contributed by atoms with van der Waals surface area (Å²) in [4.78, 5) is 18.4. The van der Waals surface area contributed by atoms with Crippen LogP contribution in [-0.4, -0.2) is 33.2 Å². The molecule has 7 nitrogen and oxygen atoms in total. The van der Waals surface area contributed by atoms with Gasteiger partial charge in [-0.3, -0.25) is 4.79 Å². The van der Waals surface area contributed by atoms with Crippen LogP contribution in [0.1, 0.15) is 17.7 Å². The number of anilines is 1. The lowest BCUT2D eigenvalue weighted by Crippen LogP contribution is -2.15. The Hall–Kier alpha value is -3.04. The number of hydrogen-bond donors (Lipinski definition) is 1. The van der Waals surface area contributed by atoms with Crippen molar-refractivity contribution in [3.8, 4) is 16.6 Å². The van der Waals surface area contributed by atoms with Crippen LogP contribution in [0.5, 0.6) is 11.5 Å². The molecule has 3 heterocycles. The standard InChI is InChI=1S/C22H20N4O3S2/c1-13-3-5-15(6-4-13)30-8-7-21(27)24-20-9-14(2)25-26(20)22-23-16-10-17-18(29-12-28-17)11-19(16)31-22/h3-6,9-11H,7-8,12H2,1-2H3,(H,24,27). The van der Waals surface area contributed by atoms with E-state index in [1.807, 2.05) is 25.1 Å². The van der Waals surface area contributed by atoms with E-state index in [9.17, 15) is 4.79 Å². The first-order valence-corrected chi connectivity index (χ1v) is 11.6. The molecule has 9 heteroatoms. The fourth-order valence-corrected chi connectivity index (χ4v) is 5.03. The van der Waals surface area contributed by atoms with E-state index in [1.54, 1.807) is 16.4 Å². The molecule has 0 unspecified atom stereocenters. The van der Waals surface area contributed by atoms with E-state index in [-0.39, 0.29) is 12.7 Å². The number of thioether (sulfide) groups is 1. The normalized spacial score (nSPS) is 12.5. The summed E-state index contributed by atoms with van der Waals surface area (Å²) in [7, 11) is 0. The van der Waals surface area contributed by atoms with Crippen molar-refractivity contribution in [1.29, 1.82) is 0 Å². The number of carbonyl (C=O) groups excluding carboxylic acids is 1. The SMILES string of the molecule is Cc1ccc(SCCC(=O)Nc2cc(C)nn2-c2nc3cc4c(cc3s2)OCO4)cc1. The molecule has 2 aromatic carbocycles. The second kappa shape index (κ2) is 8.24.